The maximum atomic E-state index is 11.9. The number of carbonyl (C=O) groups is 2. The number of benzene rings is 1. The number of carboxylic acid groups (broad SMARTS) is 1. The van der Waals surface area contributed by atoms with E-state index >= 15 is 0 Å². The van der Waals surface area contributed by atoms with Crippen LogP contribution in [-0.4, -0.2) is 35.5 Å². The molecule has 110 valence electrons. The third kappa shape index (κ3) is 5.80. The lowest BCUT2D eigenvalue weighted by molar-refractivity contribution is -0.138. The minimum absolute atomic E-state index is 0.0125. The number of aliphatic carboxylic acids is 1. The van der Waals surface area contributed by atoms with Crippen molar-refractivity contribution in [3.8, 4) is 0 Å². The molecule has 1 amide bonds. The second-order valence-electron chi connectivity index (χ2n) is 4.56. The average molecular weight is 318 g/mol. The number of halogens is 2. The molecule has 0 unspecified atom stereocenters. The lowest BCUT2D eigenvalue weighted by Gasteiger charge is -2.16. The minimum Gasteiger partial charge on any atom is -0.481 e. The molecule has 1 rings (SSSR count). The average Bonchev–Trinajstić information content (AvgIpc) is 2.39. The van der Waals surface area contributed by atoms with E-state index in [1.807, 2.05) is 6.07 Å². The van der Waals surface area contributed by atoms with Gasteiger partial charge < -0.3 is 10.0 Å². The van der Waals surface area contributed by atoms with E-state index in [1.54, 1.807) is 24.1 Å². The van der Waals surface area contributed by atoms with Gasteiger partial charge >= 0.3 is 5.97 Å². The summed E-state index contributed by atoms with van der Waals surface area (Å²) in [7, 11) is 1.68. The van der Waals surface area contributed by atoms with Crippen LogP contribution in [0.4, 0.5) is 0 Å². The molecule has 0 atom stereocenters. The van der Waals surface area contributed by atoms with Crippen molar-refractivity contribution in [2.45, 2.75) is 25.7 Å². The van der Waals surface area contributed by atoms with Gasteiger partial charge in [-0.2, -0.15) is 0 Å². The molecule has 1 N–H and O–H groups in total. The van der Waals surface area contributed by atoms with Crippen molar-refractivity contribution < 1.29 is 14.7 Å². The van der Waals surface area contributed by atoms with Crippen molar-refractivity contribution in [2.75, 3.05) is 13.6 Å². The van der Waals surface area contributed by atoms with Crippen molar-refractivity contribution in [3.63, 3.8) is 0 Å². The number of nitrogens with zero attached hydrogens (tertiary/aromatic N) is 1. The Morgan fingerprint density at radius 2 is 1.90 bits per heavy atom. The first-order valence-corrected chi connectivity index (χ1v) is 7.05. The van der Waals surface area contributed by atoms with Gasteiger partial charge in [0.15, 0.2) is 0 Å². The molecule has 0 aliphatic heterocycles. The van der Waals surface area contributed by atoms with Gasteiger partial charge in [-0.3, -0.25) is 9.59 Å². The molecular formula is C14H17Cl2NO3. The molecule has 4 nitrogen and oxygen atoms in total. The van der Waals surface area contributed by atoms with Gasteiger partial charge in [-0.05, 0) is 30.5 Å². The molecule has 0 aromatic heterocycles. The number of carboxylic acids is 1. The summed E-state index contributed by atoms with van der Waals surface area (Å²) in [5, 5.41) is 9.51. The highest BCUT2D eigenvalue weighted by Gasteiger charge is 2.10. The highest BCUT2D eigenvalue weighted by molar-refractivity contribution is 6.42. The van der Waals surface area contributed by atoms with Crippen LogP contribution in [0, 0.1) is 0 Å². The van der Waals surface area contributed by atoms with Gasteiger partial charge in [-0.1, -0.05) is 29.3 Å². The fourth-order valence-corrected chi connectivity index (χ4v) is 2.05. The Bertz CT molecular complexity index is 491. The van der Waals surface area contributed by atoms with Crippen LogP contribution < -0.4 is 0 Å². The third-order valence-corrected chi connectivity index (χ3v) is 3.66. The molecule has 0 aliphatic rings. The first-order valence-electron chi connectivity index (χ1n) is 6.30. The number of amides is 1. The van der Waals surface area contributed by atoms with E-state index in [4.69, 9.17) is 28.3 Å². The zero-order chi connectivity index (χ0) is 15.1. The number of aryl methyl sites for hydroxylation is 1. The highest BCUT2D eigenvalue weighted by atomic mass is 35.5. The van der Waals surface area contributed by atoms with E-state index in [1.165, 1.54) is 0 Å². The lowest BCUT2D eigenvalue weighted by Crippen LogP contribution is -2.28. The molecule has 0 radical (unpaired) electrons. The van der Waals surface area contributed by atoms with Gasteiger partial charge in [-0.15, -0.1) is 0 Å². The van der Waals surface area contributed by atoms with Crippen molar-refractivity contribution >= 4 is 35.1 Å². The number of hydrogen-bond donors (Lipinski definition) is 1. The fraction of sp³-hybridized carbons (Fsp3) is 0.429. The molecule has 0 saturated heterocycles. The molecule has 0 heterocycles. The van der Waals surface area contributed by atoms with Crippen LogP contribution in [0.5, 0.6) is 0 Å². The first kappa shape index (κ1) is 16.8. The predicted octanol–water partition coefficient (Wildman–Crippen LogP) is 3.25. The fourth-order valence-electron chi connectivity index (χ4n) is 1.73. The highest BCUT2D eigenvalue weighted by Crippen LogP contribution is 2.23. The third-order valence-electron chi connectivity index (χ3n) is 2.92. The van der Waals surface area contributed by atoms with Crippen LogP contribution in [0.15, 0.2) is 18.2 Å². The molecule has 0 fully saturated rings. The van der Waals surface area contributed by atoms with Crippen LogP contribution in [0.25, 0.3) is 0 Å². The SMILES string of the molecule is CN(CCCC(=O)O)C(=O)CCc1ccc(Cl)c(Cl)c1. The van der Waals surface area contributed by atoms with E-state index in [9.17, 15) is 9.59 Å². The summed E-state index contributed by atoms with van der Waals surface area (Å²) in [4.78, 5) is 23.8. The van der Waals surface area contributed by atoms with E-state index in [0.29, 0.717) is 35.9 Å². The number of rotatable bonds is 7. The quantitative estimate of drug-likeness (QED) is 0.839. The summed E-state index contributed by atoms with van der Waals surface area (Å²) < 4.78 is 0. The Kier molecular flexibility index (Phi) is 6.82. The molecule has 0 aliphatic carbocycles. The smallest absolute Gasteiger partial charge is 0.303 e. The summed E-state index contributed by atoms with van der Waals surface area (Å²) in [6.07, 6.45) is 1.48. The van der Waals surface area contributed by atoms with E-state index in [-0.39, 0.29) is 12.3 Å². The zero-order valence-electron chi connectivity index (χ0n) is 11.2. The summed E-state index contributed by atoms with van der Waals surface area (Å²) in [6, 6.07) is 5.30. The van der Waals surface area contributed by atoms with Crippen molar-refractivity contribution in [1.82, 2.24) is 4.90 Å². The standard InChI is InChI=1S/C14H17Cl2NO3/c1-17(8-2-3-14(19)20)13(18)7-5-10-4-6-11(15)12(16)9-10/h4,6,9H,2-3,5,7-8H2,1H3,(H,19,20). The maximum Gasteiger partial charge on any atom is 0.303 e. The van der Waals surface area contributed by atoms with Crippen LogP contribution in [0.3, 0.4) is 0 Å². The van der Waals surface area contributed by atoms with Gasteiger partial charge in [-0.25, -0.2) is 0 Å². The summed E-state index contributed by atoms with van der Waals surface area (Å²) in [5.74, 6) is -0.858. The van der Waals surface area contributed by atoms with Gasteiger partial charge in [0.25, 0.3) is 0 Å². The van der Waals surface area contributed by atoms with E-state index < -0.39 is 5.97 Å². The molecule has 6 heteroatoms. The Hall–Kier alpha value is -1.26. The van der Waals surface area contributed by atoms with Gasteiger partial charge in [0.1, 0.15) is 0 Å². The maximum absolute atomic E-state index is 11.9. The molecule has 0 saturated carbocycles. The normalized spacial score (nSPS) is 10.3. The Balaban J connectivity index is 2.38. The molecule has 1 aromatic carbocycles. The van der Waals surface area contributed by atoms with E-state index in [2.05, 4.69) is 0 Å². The topological polar surface area (TPSA) is 57.6 Å². The summed E-state index contributed by atoms with van der Waals surface area (Å²) in [6.45, 7) is 0.451. The van der Waals surface area contributed by atoms with Crippen LogP contribution in [0.2, 0.25) is 10.0 Å². The van der Waals surface area contributed by atoms with Crippen molar-refractivity contribution in [3.05, 3.63) is 33.8 Å². The van der Waals surface area contributed by atoms with Crippen molar-refractivity contribution in [1.29, 1.82) is 0 Å². The minimum atomic E-state index is -0.846. The molecule has 0 bridgehead atoms. The van der Waals surface area contributed by atoms with Crippen LogP contribution in [0.1, 0.15) is 24.8 Å². The van der Waals surface area contributed by atoms with Gasteiger partial charge in [0.2, 0.25) is 5.91 Å². The van der Waals surface area contributed by atoms with Gasteiger partial charge in [0.05, 0.1) is 10.0 Å². The lowest BCUT2D eigenvalue weighted by atomic mass is 10.1. The predicted molar refractivity (Wildman–Crippen MR) is 79.3 cm³/mol. The monoisotopic (exact) mass is 317 g/mol. The first-order chi connectivity index (χ1) is 9.40. The molecule has 0 spiro atoms. The Morgan fingerprint density at radius 3 is 2.50 bits per heavy atom. The Labute approximate surface area is 128 Å². The number of carbonyl (C=O) groups excluding carboxylic acids is 1. The largest absolute Gasteiger partial charge is 0.481 e. The second kappa shape index (κ2) is 8.12. The van der Waals surface area contributed by atoms with E-state index in [0.717, 1.165) is 5.56 Å². The molecule has 20 heavy (non-hydrogen) atoms. The van der Waals surface area contributed by atoms with Crippen LogP contribution in [-0.2, 0) is 16.0 Å². The summed E-state index contributed by atoms with van der Waals surface area (Å²) in [5.41, 5.74) is 0.951. The Morgan fingerprint density at radius 1 is 1.20 bits per heavy atom. The number of hydrogen-bond acceptors (Lipinski definition) is 2. The summed E-state index contributed by atoms with van der Waals surface area (Å²) >= 11 is 11.7. The molecule has 1 aromatic rings. The van der Waals surface area contributed by atoms with Crippen molar-refractivity contribution in [2.24, 2.45) is 0 Å². The zero-order valence-corrected chi connectivity index (χ0v) is 12.7. The second-order valence-corrected chi connectivity index (χ2v) is 5.38. The van der Waals surface area contributed by atoms with Gasteiger partial charge in [0, 0.05) is 26.4 Å². The molecular weight excluding hydrogens is 301 g/mol. The van der Waals surface area contributed by atoms with Crippen LogP contribution >= 0.6 is 23.2 Å².